The van der Waals surface area contributed by atoms with Crippen LogP contribution in [-0.2, 0) is 25.7 Å². The van der Waals surface area contributed by atoms with Gasteiger partial charge in [0, 0.05) is 11.6 Å². The standard InChI is InChI=1S/C14H16O6/c1-2-19-14(18)9-20-13(17)6-4-10-3-5-12(16)11(7-10)8-15/h3-7,15-16H,2,8-9H2,1H3. The summed E-state index contributed by atoms with van der Waals surface area (Å²) in [5, 5.41) is 18.4. The first kappa shape index (κ1) is 15.7. The van der Waals surface area contributed by atoms with Crippen LogP contribution in [0.2, 0.25) is 0 Å². The maximum atomic E-state index is 11.3. The Morgan fingerprint density at radius 1 is 1.30 bits per heavy atom. The van der Waals surface area contributed by atoms with Crippen LogP contribution in [0.25, 0.3) is 6.08 Å². The van der Waals surface area contributed by atoms with Crippen molar-refractivity contribution in [3.63, 3.8) is 0 Å². The van der Waals surface area contributed by atoms with Crippen LogP contribution in [0.5, 0.6) is 5.75 Å². The van der Waals surface area contributed by atoms with Crippen LogP contribution in [0, 0.1) is 0 Å². The minimum Gasteiger partial charge on any atom is -0.508 e. The van der Waals surface area contributed by atoms with Gasteiger partial charge < -0.3 is 19.7 Å². The maximum Gasteiger partial charge on any atom is 0.344 e. The number of carbonyl (C=O) groups is 2. The summed E-state index contributed by atoms with van der Waals surface area (Å²) in [5.41, 5.74) is 0.965. The van der Waals surface area contributed by atoms with E-state index >= 15 is 0 Å². The Balaban J connectivity index is 2.55. The van der Waals surface area contributed by atoms with Crippen molar-refractivity contribution in [2.45, 2.75) is 13.5 Å². The van der Waals surface area contributed by atoms with Crippen LogP contribution in [-0.4, -0.2) is 35.4 Å². The van der Waals surface area contributed by atoms with Crippen molar-refractivity contribution in [2.24, 2.45) is 0 Å². The molecule has 0 radical (unpaired) electrons. The summed E-state index contributed by atoms with van der Waals surface area (Å²) >= 11 is 0. The van der Waals surface area contributed by atoms with Gasteiger partial charge in [0.25, 0.3) is 0 Å². The third-order valence-corrected chi connectivity index (χ3v) is 2.32. The van der Waals surface area contributed by atoms with E-state index in [1.165, 1.54) is 18.2 Å². The monoisotopic (exact) mass is 280 g/mol. The van der Waals surface area contributed by atoms with Crippen molar-refractivity contribution >= 4 is 18.0 Å². The summed E-state index contributed by atoms with van der Waals surface area (Å²) in [5.74, 6) is -1.31. The molecule has 1 aromatic carbocycles. The Hall–Kier alpha value is -2.34. The molecule has 6 heteroatoms. The molecule has 0 bridgehead atoms. The minimum absolute atomic E-state index is 0.0189. The molecule has 0 fully saturated rings. The summed E-state index contributed by atoms with van der Waals surface area (Å²) in [6.45, 7) is 1.14. The van der Waals surface area contributed by atoms with Crippen LogP contribution in [0.3, 0.4) is 0 Å². The second kappa shape index (κ2) is 7.96. The van der Waals surface area contributed by atoms with E-state index in [-0.39, 0.29) is 19.0 Å². The van der Waals surface area contributed by atoms with E-state index in [1.54, 1.807) is 13.0 Å². The number of rotatable bonds is 6. The van der Waals surface area contributed by atoms with Crippen LogP contribution >= 0.6 is 0 Å². The third-order valence-electron chi connectivity index (χ3n) is 2.32. The molecule has 0 aromatic heterocycles. The molecule has 108 valence electrons. The largest absolute Gasteiger partial charge is 0.508 e. The lowest BCUT2D eigenvalue weighted by atomic mass is 10.1. The summed E-state index contributed by atoms with van der Waals surface area (Å²) in [6.07, 6.45) is 2.60. The highest BCUT2D eigenvalue weighted by molar-refractivity contribution is 5.88. The van der Waals surface area contributed by atoms with Gasteiger partial charge in [0.1, 0.15) is 5.75 Å². The first-order chi connectivity index (χ1) is 9.56. The molecule has 0 heterocycles. The SMILES string of the molecule is CCOC(=O)COC(=O)C=Cc1ccc(O)c(CO)c1. The second-order valence-electron chi connectivity index (χ2n) is 3.79. The fourth-order valence-corrected chi connectivity index (χ4v) is 1.38. The molecule has 1 aromatic rings. The normalized spacial score (nSPS) is 10.5. The molecular weight excluding hydrogens is 264 g/mol. The molecule has 0 amide bonds. The third kappa shape index (κ3) is 5.11. The van der Waals surface area contributed by atoms with Gasteiger partial charge in [-0.2, -0.15) is 0 Å². The van der Waals surface area contributed by atoms with Gasteiger partial charge in [0.15, 0.2) is 6.61 Å². The van der Waals surface area contributed by atoms with E-state index in [0.29, 0.717) is 11.1 Å². The predicted molar refractivity (Wildman–Crippen MR) is 70.7 cm³/mol. The number of benzene rings is 1. The second-order valence-corrected chi connectivity index (χ2v) is 3.79. The average Bonchev–Trinajstić information content (AvgIpc) is 2.44. The number of phenols is 1. The van der Waals surface area contributed by atoms with Gasteiger partial charge in [-0.3, -0.25) is 0 Å². The Morgan fingerprint density at radius 3 is 2.70 bits per heavy atom. The average molecular weight is 280 g/mol. The van der Waals surface area contributed by atoms with Gasteiger partial charge in [-0.15, -0.1) is 0 Å². The van der Waals surface area contributed by atoms with Crippen molar-refractivity contribution in [2.75, 3.05) is 13.2 Å². The Bertz CT molecular complexity index is 506. The van der Waals surface area contributed by atoms with Gasteiger partial charge >= 0.3 is 11.9 Å². The number of aromatic hydroxyl groups is 1. The topological polar surface area (TPSA) is 93.1 Å². The highest BCUT2D eigenvalue weighted by atomic mass is 16.6. The van der Waals surface area contributed by atoms with Gasteiger partial charge in [-0.1, -0.05) is 6.07 Å². The van der Waals surface area contributed by atoms with Crippen LogP contribution < -0.4 is 0 Å². The molecule has 6 nitrogen and oxygen atoms in total. The molecule has 0 atom stereocenters. The van der Waals surface area contributed by atoms with Gasteiger partial charge in [-0.05, 0) is 30.7 Å². The Kier molecular flexibility index (Phi) is 6.25. The minimum atomic E-state index is -0.684. The van der Waals surface area contributed by atoms with Gasteiger partial charge in [0.2, 0.25) is 0 Å². The zero-order valence-corrected chi connectivity index (χ0v) is 11.0. The van der Waals surface area contributed by atoms with E-state index in [1.807, 2.05) is 0 Å². The molecule has 1 rings (SSSR count). The lowest BCUT2D eigenvalue weighted by Gasteiger charge is -2.03. The van der Waals surface area contributed by atoms with Crippen LogP contribution in [0.1, 0.15) is 18.1 Å². The lowest BCUT2D eigenvalue weighted by molar-refractivity contribution is -0.155. The highest BCUT2D eigenvalue weighted by Gasteiger charge is 2.05. The summed E-state index contributed by atoms with van der Waals surface area (Å²) in [4.78, 5) is 22.3. The molecule has 0 spiro atoms. The number of ether oxygens (including phenoxy) is 2. The van der Waals surface area contributed by atoms with E-state index in [0.717, 1.165) is 6.08 Å². The molecule has 20 heavy (non-hydrogen) atoms. The first-order valence-corrected chi connectivity index (χ1v) is 6.00. The maximum absolute atomic E-state index is 11.3. The number of carbonyl (C=O) groups excluding carboxylic acids is 2. The number of hydrogen-bond acceptors (Lipinski definition) is 6. The molecule has 0 aliphatic carbocycles. The Labute approximate surface area is 116 Å². The van der Waals surface area contributed by atoms with Gasteiger partial charge in [0.05, 0.1) is 13.2 Å². The smallest absolute Gasteiger partial charge is 0.344 e. The number of esters is 2. The van der Waals surface area contributed by atoms with Crippen molar-refractivity contribution < 1.29 is 29.3 Å². The molecule has 0 unspecified atom stereocenters. The highest BCUT2D eigenvalue weighted by Crippen LogP contribution is 2.19. The van der Waals surface area contributed by atoms with Crippen LogP contribution in [0.4, 0.5) is 0 Å². The molecule has 0 saturated heterocycles. The zero-order chi connectivity index (χ0) is 15.0. The van der Waals surface area contributed by atoms with Crippen molar-refractivity contribution in [1.29, 1.82) is 0 Å². The van der Waals surface area contributed by atoms with Crippen molar-refractivity contribution in [3.8, 4) is 5.75 Å². The fraction of sp³-hybridized carbons (Fsp3) is 0.286. The predicted octanol–water partition coefficient (Wildman–Crippen LogP) is 1.00. The molecule has 0 saturated carbocycles. The number of aliphatic hydroxyl groups is 1. The number of hydrogen-bond donors (Lipinski definition) is 2. The lowest BCUT2D eigenvalue weighted by Crippen LogP contribution is -2.15. The van der Waals surface area contributed by atoms with E-state index < -0.39 is 18.5 Å². The van der Waals surface area contributed by atoms with Crippen LogP contribution in [0.15, 0.2) is 24.3 Å². The fourth-order valence-electron chi connectivity index (χ4n) is 1.38. The number of aliphatic hydroxyl groups excluding tert-OH is 1. The quantitative estimate of drug-likeness (QED) is 0.596. The van der Waals surface area contributed by atoms with Crippen molar-refractivity contribution in [1.82, 2.24) is 0 Å². The van der Waals surface area contributed by atoms with E-state index in [9.17, 15) is 14.7 Å². The molecule has 2 N–H and O–H groups in total. The summed E-state index contributed by atoms with van der Waals surface area (Å²) < 4.78 is 9.26. The molecular formula is C14H16O6. The van der Waals surface area contributed by atoms with Gasteiger partial charge in [-0.25, -0.2) is 9.59 Å². The Morgan fingerprint density at radius 2 is 2.05 bits per heavy atom. The van der Waals surface area contributed by atoms with E-state index in [2.05, 4.69) is 9.47 Å². The zero-order valence-electron chi connectivity index (χ0n) is 11.0. The summed E-state index contributed by atoms with van der Waals surface area (Å²) in [6, 6.07) is 4.52. The molecule has 0 aliphatic rings. The van der Waals surface area contributed by atoms with E-state index in [4.69, 9.17) is 5.11 Å². The summed E-state index contributed by atoms with van der Waals surface area (Å²) in [7, 11) is 0. The first-order valence-electron chi connectivity index (χ1n) is 6.00. The molecule has 0 aliphatic heterocycles. The van der Waals surface area contributed by atoms with Crippen molar-refractivity contribution in [3.05, 3.63) is 35.4 Å².